The minimum Gasteiger partial charge on any atom is -0.447 e. The Hall–Kier alpha value is -2.66. The highest BCUT2D eigenvalue weighted by Crippen LogP contribution is 2.25. The first kappa shape index (κ1) is 17.7. The number of likely N-dealkylation sites (tertiary alicyclic amines) is 1. The highest BCUT2D eigenvalue weighted by molar-refractivity contribution is 5.95. The van der Waals surface area contributed by atoms with Gasteiger partial charge in [-0.05, 0) is 30.5 Å². The summed E-state index contributed by atoms with van der Waals surface area (Å²) in [7, 11) is 0. The Labute approximate surface area is 159 Å². The van der Waals surface area contributed by atoms with E-state index < -0.39 is 6.09 Å². The Bertz CT molecular complexity index is 794. The Balaban J connectivity index is 1.39. The zero-order valence-electron chi connectivity index (χ0n) is 15.3. The van der Waals surface area contributed by atoms with E-state index in [2.05, 4.69) is 17.0 Å². The maximum Gasteiger partial charge on any atom is 0.416 e. The van der Waals surface area contributed by atoms with Crippen molar-refractivity contribution in [2.24, 2.45) is 5.92 Å². The van der Waals surface area contributed by atoms with E-state index in [0.717, 1.165) is 25.1 Å². The van der Waals surface area contributed by atoms with Gasteiger partial charge in [-0.3, -0.25) is 9.69 Å². The van der Waals surface area contributed by atoms with Crippen LogP contribution in [-0.2, 0) is 22.5 Å². The van der Waals surface area contributed by atoms with Crippen LogP contribution in [0.25, 0.3) is 0 Å². The van der Waals surface area contributed by atoms with Crippen LogP contribution in [0, 0.1) is 5.92 Å². The van der Waals surface area contributed by atoms with E-state index in [1.807, 2.05) is 48.5 Å². The van der Waals surface area contributed by atoms with Gasteiger partial charge in [-0.2, -0.15) is 0 Å². The molecule has 2 atom stereocenters. The molecule has 4 rings (SSSR count). The third-order valence-corrected chi connectivity index (χ3v) is 5.38. The second kappa shape index (κ2) is 7.92. The van der Waals surface area contributed by atoms with Crippen molar-refractivity contribution in [2.75, 3.05) is 19.7 Å². The van der Waals surface area contributed by atoms with Crippen molar-refractivity contribution in [1.29, 1.82) is 0 Å². The molecule has 0 saturated carbocycles. The summed E-state index contributed by atoms with van der Waals surface area (Å²) in [5.41, 5.74) is 2.35. The molecule has 2 heterocycles. The number of benzene rings is 2. The summed E-state index contributed by atoms with van der Waals surface area (Å²) in [5.74, 6) is -0.230. The van der Waals surface area contributed by atoms with Gasteiger partial charge in [0, 0.05) is 13.1 Å². The number of carbonyl (C=O) groups excluding carboxylic acids is 2. The monoisotopic (exact) mass is 364 g/mol. The summed E-state index contributed by atoms with van der Waals surface area (Å²) >= 11 is 0. The molecule has 0 unspecified atom stereocenters. The van der Waals surface area contributed by atoms with Gasteiger partial charge in [0.25, 0.3) is 0 Å². The molecule has 2 aliphatic heterocycles. The van der Waals surface area contributed by atoms with Crippen molar-refractivity contribution in [3.63, 3.8) is 0 Å². The van der Waals surface area contributed by atoms with Gasteiger partial charge in [0.1, 0.15) is 6.61 Å². The molecule has 2 aromatic carbocycles. The molecule has 0 aliphatic carbocycles. The SMILES string of the molecule is O=C1OC[C@H](Cc2ccccc2)N1C(=O)[C@H]1CCN(Cc2ccccc2)C1. The standard InChI is InChI=1S/C22H24N2O3/c25-21(19-11-12-23(15-19)14-18-9-5-2-6-10-18)24-20(16-27-22(24)26)13-17-7-3-1-4-8-17/h1-10,19-20H,11-16H2/t19-,20-/m0/s1. The Morgan fingerprint density at radius 3 is 2.37 bits per heavy atom. The number of ether oxygens (including phenoxy) is 1. The van der Waals surface area contributed by atoms with E-state index >= 15 is 0 Å². The van der Waals surface area contributed by atoms with Crippen LogP contribution in [0.2, 0.25) is 0 Å². The molecule has 5 heteroatoms. The Morgan fingerprint density at radius 2 is 1.67 bits per heavy atom. The quantitative estimate of drug-likeness (QED) is 0.818. The van der Waals surface area contributed by atoms with Crippen LogP contribution in [0.1, 0.15) is 17.5 Å². The normalized spacial score (nSPS) is 22.8. The Morgan fingerprint density at radius 1 is 1.00 bits per heavy atom. The van der Waals surface area contributed by atoms with Crippen LogP contribution in [0.15, 0.2) is 60.7 Å². The van der Waals surface area contributed by atoms with Gasteiger partial charge >= 0.3 is 6.09 Å². The lowest BCUT2D eigenvalue weighted by Gasteiger charge is -2.23. The summed E-state index contributed by atoms with van der Waals surface area (Å²) in [6, 6.07) is 20.0. The lowest BCUT2D eigenvalue weighted by Crippen LogP contribution is -2.44. The lowest BCUT2D eigenvalue weighted by molar-refractivity contribution is -0.133. The highest BCUT2D eigenvalue weighted by atomic mass is 16.6. The largest absolute Gasteiger partial charge is 0.447 e. The van der Waals surface area contributed by atoms with E-state index in [9.17, 15) is 9.59 Å². The molecule has 2 saturated heterocycles. The van der Waals surface area contributed by atoms with Crippen LogP contribution >= 0.6 is 0 Å². The maximum atomic E-state index is 13.1. The van der Waals surface area contributed by atoms with Crippen LogP contribution in [0.5, 0.6) is 0 Å². The van der Waals surface area contributed by atoms with Crippen LogP contribution < -0.4 is 0 Å². The predicted octanol–water partition coefficient (Wildman–Crippen LogP) is 3.10. The molecule has 0 aromatic heterocycles. The topological polar surface area (TPSA) is 49.9 Å². The van der Waals surface area contributed by atoms with Gasteiger partial charge in [0.2, 0.25) is 5.91 Å². The summed E-state index contributed by atoms with van der Waals surface area (Å²) in [6.07, 6.45) is 0.925. The first-order valence-electron chi connectivity index (χ1n) is 9.51. The van der Waals surface area contributed by atoms with Crippen molar-refractivity contribution in [3.05, 3.63) is 71.8 Å². The van der Waals surface area contributed by atoms with E-state index in [0.29, 0.717) is 13.0 Å². The third kappa shape index (κ3) is 4.03. The maximum absolute atomic E-state index is 13.1. The van der Waals surface area contributed by atoms with E-state index in [1.54, 1.807) is 0 Å². The summed E-state index contributed by atoms with van der Waals surface area (Å²) in [5, 5.41) is 0. The van der Waals surface area contributed by atoms with E-state index in [4.69, 9.17) is 4.74 Å². The number of rotatable bonds is 5. The fraction of sp³-hybridized carbons (Fsp3) is 0.364. The lowest BCUT2D eigenvalue weighted by atomic mass is 10.0. The third-order valence-electron chi connectivity index (χ3n) is 5.38. The van der Waals surface area contributed by atoms with Crippen LogP contribution in [0.4, 0.5) is 4.79 Å². The van der Waals surface area contributed by atoms with Crippen LogP contribution in [0.3, 0.4) is 0 Å². The molecule has 0 bridgehead atoms. The van der Waals surface area contributed by atoms with Gasteiger partial charge in [-0.25, -0.2) is 9.69 Å². The number of hydrogen-bond donors (Lipinski definition) is 0. The van der Waals surface area contributed by atoms with Gasteiger partial charge in [-0.15, -0.1) is 0 Å². The summed E-state index contributed by atoms with van der Waals surface area (Å²) in [4.78, 5) is 28.9. The number of nitrogens with zero attached hydrogens (tertiary/aromatic N) is 2. The van der Waals surface area contributed by atoms with Crippen LogP contribution in [-0.4, -0.2) is 47.5 Å². The molecule has 0 radical (unpaired) electrons. The second-order valence-electron chi connectivity index (χ2n) is 7.34. The average Bonchev–Trinajstić information content (AvgIpc) is 3.30. The molecule has 27 heavy (non-hydrogen) atoms. The molecule has 2 fully saturated rings. The fourth-order valence-electron chi connectivity index (χ4n) is 3.98. The van der Waals surface area contributed by atoms with E-state index in [-0.39, 0.29) is 24.5 Å². The molecule has 2 amide bonds. The van der Waals surface area contributed by atoms with Crippen molar-refractivity contribution in [2.45, 2.75) is 25.4 Å². The summed E-state index contributed by atoms with van der Waals surface area (Å²) < 4.78 is 5.21. The molecule has 2 aliphatic rings. The van der Waals surface area contributed by atoms with Crippen molar-refractivity contribution < 1.29 is 14.3 Å². The Kier molecular flexibility index (Phi) is 5.21. The molecule has 2 aromatic rings. The van der Waals surface area contributed by atoms with Gasteiger partial charge in [0.15, 0.2) is 0 Å². The fourth-order valence-corrected chi connectivity index (χ4v) is 3.98. The molecule has 0 spiro atoms. The molecule has 140 valence electrons. The van der Waals surface area contributed by atoms with Gasteiger partial charge < -0.3 is 4.74 Å². The van der Waals surface area contributed by atoms with Gasteiger partial charge in [0.05, 0.1) is 12.0 Å². The number of hydrogen-bond acceptors (Lipinski definition) is 4. The first-order chi connectivity index (χ1) is 13.2. The molecule has 0 N–H and O–H groups in total. The number of amides is 2. The van der Waals surface area contributed by atoms with Crippen molar-refractivity contribution in [3.8, 4) is 0 Å². The number of carbonyl (C=O) groups is 2. The predicted molar refractivity (Wildman–Crippen MR) is 102 cm³/mol. The van der Waals surface area contributed by atoms with Gasteiger partial charge in [-0.1, -0.05) is 60.7 Å². The first-order valence-corrected chi connectivity index (χ1v) is 9.51. The average molecular weight is 364 g/mol. The highest BCUT2D eigenvalue weighted by Gasteiger charge is 2.42. The minimum absolute atomic E-state index is 0.0889. The molecule has 5 nitrogen and oxygen atoms in total. The zero-order valence-corrected chi connectivity index (χ0v) is 15.3. The number of cyclic esters (lactones) is 1. The smallest absolute Gasteiger partial charge is 0.416 e. The molecular formula is C22H24N2O3. The van der Waals surface area contributed by atoms with Crippen molar-refractivity contribution >= 4 is 12.0 Å². The second-order valence-corrected chi connectivity index (χ2v) is 7.34. The minimum atomic E-state index is -0.498. The van der Waals surface area contributed by atoms with Crippen molar-refractivity contribution in [1.82, 2.24) is 9.80 Å². The molecular weight excluding hydrogens is 340 g/mol. The number of imide groups is 1. The summed E-state index contributed by atoms with van der Waals surface area (Å²) in [6.45, 7) is 2.68. The zero-order chi connectivity index (χ0) is 18.6. The van der Waals surface area contributed by atoms with E-state index in [1.165, 1.54) is 10.5 Å².